The summed E-state index contributed by atoms with van der Waals surface area (Å²) in [5.74, 6) is -0.501. The first-order chi connectivity index (χ1) is 12.0. The maximum absolute atomic E-state index is 12.8. The molecule has 2 aliphatic heterocycles. The van der Waals surface area contributed by atoms with E-state index < -0.39 is 6.04 Å². The lowest BCUT2D eigenvalue weighted by atomic mass is 9.90. The van der Waals surface area contributed by atoms with E-state index in [0.29, 0.717) is 12.8 Å². The van der Waals surface area contributed by atoms with Gasteiger partial charge in [-0.05, 0) is 18.9 Å². The van der Waals surface area contributed by atoms with Crippen molar-refractivity contribution in [1.29, 1.82) is 0 Å². The molecular formula is C18H26N4O3. The summed E-state index contributed by atoms with van der Waals surface area (Å²) >= 11 is 0. The van der Waals surface area contributed by atoms with Crippen LogP contribution in [0, 0.1) is 5.92 Å². The highest BCUT2D eigenvalue weighted by atomic mass is 16.2. The number of nitrogens with zero attached hydrogens (tertiary/aromatic N) is 2. The number of imide groups is 1. The highest BCUT2D eigenvalue weighted by molar-refractivity contribution is 6.03. The Morgan fingerprint density at radius 2 is 1.96 bits per heavy atom. The topological polar surface area (TPSA) is 81.8 Å². The molecule has 2 N–H and O–H groups in total. The lowest BCUT2D eigenvalue weighted by Crippen LogP contribution is -2.53. The van der Waals surface area contributed by atoms with E-state index in [-0.39, 0.29) is 30.1 Å². The molecular weight excluding hydrogens is 320 g/mol. The highest BCUT2D eigenvalue weighted by Crippen LogP contribution is 2.29. The largest absolute Gasteiger partial charge is 0.372 e. The van der Waals surface area contributed by atoms with Crippen LogP contribution in [-0.2, 0) is 14.4 Å². The molecule has 7 nitrogen and oxygen atoms in total. The van der Waals surface area contributed by atoms with Crippen LogP contribution in [0.15, 0.2) is 23.4 Å². The third kappa shape index (κ3) is 3.76. The van der Waals surface area contributed by atoms with Gasteiger partial charge >= 0.3 is 0 Å². The van der Waals surface area contributed by atoms with Crippen LogP contribution in [0.3, 0.4) is 0 Å². The summed E-state index contributed by atoms with van der Waals surface area (Å²) in [6.45, 7) is 6.09. The van der Waals surface area contributed by atoms with Crippen LogP contribution in [0.1, 0.15) is 26.2 Å². The summed E-state index contributed by atoms with van der Waals surface area (Å²) in [6, 6.07) is -0.569. The summed E-state index contributed by atoms with van der Waals surface area (Å²) in [4.78, 5) is 39.9. The van der Waals surface area contributed by atoms with Gasteiger partial charge in [0.1, 0.15) is 6.04 Å². The molecule has 3 aliphatic rings. The van der Waals surface area contributed by atoms with E-state index in [4.69, 9.17) is 0 Å². The number of carbonyl (C=O) groups excluding carboxylic acids is 3. The fraction of sp³-hybridized carbons (Fsp3) is 0.611. The van der Waals surface area contributed by atoms with Crippen molar-refractivity contribution in [2.75, 3.05) is 33.2 Å². The summed E-state index contributed by atoms with van der Waals surface area (Å²) in [7, 11) is 1.64. The molecule has 7 heteroatoms. The molecule has 0 aromatic carbocycles. The number of rotatable bonds is 3. The fourth-order valence-corrected chi connectivity index (χ4v) is 3.77. The van der Waals surface area contributed by atoms with Crippen molar-refractivity contribution in [2.45, 2.75) is 32.2 Å². The summed E-state index contributed by atoms with van der Waals surface area (Å²) in [6.07, 6.45) is 5.27. The Balaban J connectivity index is 1.69. The van der Waals surface area contributed by atoms with Crippen LogP contribution < -0.4 is 10.6 Å². The Morgan fingerprint density at radius 3 is 2.60 bits per heavy atom. The zero-order chi connectivity index (χ0) is 18.0. The second-order valence-electron chi connectivity index (χ2n) is 7.01. The molecule has 2 atom stereocenters. The molecule has 2 unspecified atom stereocenters. The van der Waals surface area contributed by atoms with E-state index >= 15 is 0 Å². The Hall–Kier alpha value is -2.15. The summed E-state index contributed by atoms with van der Waals surface area (Å²) in [5.41, 5.74) is 2.00. The van der Waals surface area contributed by atoms with Crippen molar-refractivity contribution in [2.24, 2.45) is 5.92 Å². The maximum Gasteiger partial charge on any atom is 0.250 e. The van der Waals surface area contributed by atoms with Gasteiger partial charge in [-0.25, -0.2) is 0 Å². The minimum absolute atomic E-state index is 0.128. The van der Waals surface area contributed by atoms with Crippen molar-refractivity contribution >= 4 is 17.7 Å². The summed E-state index contributed by atoms with van der Waals surface area (Å²) < 4.78 is 0. The normalized spacial score (nSPS) is 27.4. The third-order valence-electron chi connectivity index (χ3n) is 5.24. The molecule has 0 bridgehead atoms. The van der Waals surface area contributed by atoms with Gasteiger partial charge in [0, 0.05) is 56.8 Å². The van der Waals surface area contributed by atoms with Crippen molar-refractivity contribution in [1.82, 2.24) is 20.4 Å². The van der Waals surface area contributed by atoms with Crippen LogP contribution in [-0.4, -0.2) is 66.8 Å². The molecule has 0 aromatic rings. The second kappa shape index (κ2) is 7.39. The van der Waals surface area contributed by atoms with E-state index in [9.17, 15) is 14.4 Å². The average Bonchev–Trinajstić information content (AvgIpc) is 2.61. The van der Waals surface area contributed by atoms with Gasteiger partial charge in [0.2, 0.25) is 17.7 Å². The molecule has 2 fully saturated rings. The molecule has 136 valence electrons. The number of hydrogen-bond donors (Lipinski definition) is 2. The molecule has 0 spiro atoms. The zero-order valence-electron chi connectivity index (χ0n) is 14.9. The molecule has 3 amide bonds. The Kier molecular flexibility index (Phi) is 5.22. The van der Waals surface area contributed by atoms with Gasteiger partial charge in [0.25, 0.3) is 0 Å². The van der Waals surface area contributed by atoms with Crippen LogP contribution in [0.2, 0.25) is 0 Å². The number of allylic oxidation sites excluding steroid dienone is 3. The molecule has 0 aromatic heterocycles. The molecule has 1 aliphatic carbocycles. The number of piperazine rings is 1. The van der Waals surface area contributed by atoms with E-state index in [1.165, 1.54) is 10.6 Å². The number of carbonyl (C=O) groups is 3. The van der Waals surface area contributed by atoms with E-state index in [1.807, 2.05) is 12.2 Å². The van der Waals surface area contributed by atoms with Gasteiger partial charge in [-0.3, -0.25) is 19.7 Å². The number of piperidine rings is 1. The van der Waals surface area contributed by atoms with Crippen LogP contribution in [0.5, 0.6) is 0 Å². The molecule has 25 heavy (non-hydrogen) atoms. The number of likely N-dealkylation sites (N-methyl/N-ethyl adjacent to an activating group) is 1. The number of hydrogen-bond acceptors (Lipinski definition) is 5. The second-order valence-corrected chi connectivity index (χ2v) is 7.01. The number of amides is 3. The van der Waals surface area contributed by atoms with Gasteiger partial charge in [-0.15, -0.1) is 0 Å². The number of nitrogens with one attached hydrogen (secondary N) is 2. The Bertz CT molecular complexity index is 634. The standard InChI is InChI=1S/C18H26N4O3/c1-12-11-13(3-4-14(12)22-9-7-19-8-10-22)18(25)21(2)15-5-6-16(23)20-17(15)24/h3-4,12,15,19H,5-11H2,1-2H3,(H,20,23,24). The lowest BCUT2D eigenvalue weighted by Gasteiger charge is -2.37. The zero-order valence-corrected chi connectivity index (χ0v) is 14.9. The Morgan fingerprint density at radius 1 is 1.24 bits per heavy atom. The van der Waals surface area contributed by atoms with Crippen molar-refractivity contribution < 1.29 is 14.4 Å². The van der Waals surface area contributed by atoms with Crippen LogP contribution in [0.4, 0.5) is 0 Å². The highest BCUT2D eigenvalue weighted by Gasteiger charge is 2.34. The molecule has 0 radical (unpaired) electrons. The van der Waals surface area contributed by atoms with Gasteiger partial charge in [0.05, 0.1) is 0 Å². The maximum atomic E-state index is 12.8. The molecule has 2 saturated heterocycles. The monoisotopic (exact) mass is 346 g/mol. The quantitative estimate of drug-likeness (QED) is 0.704. The van der Waals surface area contributed by atoms with Crippen molar-refractivity contribution in [3.8, 4) is 0 Å². The van der Waals surface area contributed by atoms with Crippen molar-refractivity contribution in [3.05, 3.63) is 23.4 Å². The van der Waals surface area contributed by atoms with Crippen molar-refractivity contribution in [3.63, 3.8) is 0 Å². The van der Waals surface area contributed by atoms with E-state index in [2.05, 4.69) is 22.5 Å². The Labute approximate surface area is 148 Å². The smallest absolute Gasteiger partial charge is 0.250 e. The first kappa shape index (κ1) is 17.7. The van der Waals surface area contributed by atoms with Gasteiger partial charge in [-0.1, -0.05) is 13.0 Å². The van der Waals surface area contributed by atoms with Crippen LogP contribution >= 0.6 is 0 Å². The van der Waals surface area contributed by atoms with Gasteiger partial charge in [-0.2, -0.15) is 0 Å². The van der Waals surface area contributed by atoms with Gasteiger partial charge < -0.3 is 15.1 Å². The third-order valence-corrected chi connectivity index (χ3v) is 5.24. The lowest BCUT2D eigenvalue weighted by molar-refractivity contribution is -0.142. The predicted octanol–water partition coefficient (Wildman–Crippen LogP) is 0.00530. The van der Waals surface area contributed by atoms with Crippen LogP contribution in [0.25, 0.3) is 0 Å². The van der Waals surface area contributed by atoms with E-state index in [0.717, 1.165) is 31.8 Å². The molecule has 0 saturated carbocycles. The van der Waals surface area contributed by atoms with Gasteiger partial charge in [0.15, 0.2) is 0 Å². The van der Waals surface area contributed by atoms with E-state index in [1.54, 1.807) is 7.05 Å². The molecule has 2 heterocycles. The minimum atomic E-state index is -0.569. The average molecular weight is 346 g/mol. The predicted molar refractivity (Wildman–Crippen MR) is 93.3 cm³/mol. The SMILES string of the molecule is CC1CC(C(=O)N(C)C2CCC(=O)NC2=O)=CC=C1N1CCNCC1. The minimum Gasteiger partial charge on any atom is -0.372 e. The fourth-order valence-electron chi connectivity index (χ4n) is 3.77. The molecule has 3 rings (SSSR count). The first-order valence-electron chi connectivity index (χ1n) is 8.94. The first-order valence-corrected chi connectivity index (χ1v) is 8.94. The summed E-state index contributed by atoms with van der Waals surface area (Å²) in [5, 5.41) is 5.66.